The van der Waals surface area contributed by atoms with E-state index in [4.69, 9.17) is 9.97 Å². The van der Waals surface area contributed by atoms with Crippen molar-refractivity contribution in [2.45, 2.75) is 5.41 Å². The lowest BCUT2D eigenvalue weighted by atomic mass is 9.67. The first-order valence-corrected chi connectivity index (χ1v) is 25.8. The Kier molecular flexibility index (Phi) is 10.8. The lowest BCUT2D eigenvalue weighted by Gasteiger charge is -2.34. The van der Waals surface area contributed by atoms with Gasteiger partial charge in [-0.1, -0.05) is 261 Å². The van der Waals surface area contributed by atoms with E-state index in [0.717, 1.165) is 66.7 Å². The molecule has 0 unspecified atom stereocenters. The number of rotatable bonds is 9. The molecule has 0 amide bonds. The largest absolute Gasteiger partial charge is 0.228 e. The Morgan fingerprint density at radius 1 is 0.227 bits per heavy atom. The van der Waals surface area contributed by atoms with Crippen LogP contribution in [0.3, 0.4) is 0 Å². The summed E-state index contributed by atoms with van der Waals surface area (Å²) >= 11 is 0. The second-order valence-electron chi connectivity index (χ2n) is 19.6. The highest BCUT2D eigenvalue weighted by Gasteiger charge is 2.46. The summed E-state index contributed by atoms with van der Waals surface area (Å²) in [6, 6.07) is 106. The van der Waals surface area contributed by atoms with Crippen molar-refractivity contribution in [3.63, 3.8) is 0 Å². The third-order valence-corrected chi connectivity index (χ3v) is 15.4. The molecule has 0 fully saturated rings. The maximum absolute atomic E-state index is 5.38. The molecule has 0 N–H and O–H groups in total. The van der Waals surface area contributed by atoms with Gasteiger partial charge >= 0.3 is 0 Å². The van der Waals surface area contributed by atoms with Crippen molar-refractivity contribution in [3.8, 4) is 89.5 Å². The fourth-order valence-electron chi connectivity index (χ4n) is 12.0. The van der Waals surface area contributed by atoms with Crippen molar-refractivity contribution in [2.24, 2.45) is 0 Å². The molecule has 2 nitrogen and oxygen atoms in total. The smallest absolute Gasteiger partial charge is 0.160 e. The van der Waals surface area contributed by atoms with Crippen molar-refractivity contribution in [2.75, 3.05) is 0 Å². The fraction of sp³-hybridized carbons (Fsp3) is 0.0137. The van der Waals surface area contributed by atoms with E-state index < -0.39 is 5.41 Å². The van der Waals surface area contributed by atoms with Crippen molar-refractivity contribution < 1.29 is 0 Å². The molecule has 1 aromatic heterocycles. The molecule has 0 saturated carbocycles. The van der Waals surface area contributed by atoms with Crippen molar-refractivity contribution in [1.82, 2.24) is 9.97 Å². The van der Waals surface area contributed by atoms with Crippen LogP contribution in [0.15, 0.2) is 291 Å². The molecule has 13 aromatic rings. The summed E-state index contributed by atoms with van der Waals surface area (Å²) in [4.78, 5) is 10.7. The van der Waals surface area contributed by atoms with E-state index in [0.29, 0.717) is 5.82 Å². The average Bonchev–Trinajstić information content (AvgIpc) is 3.85. The molecule has 1 aliphatic carbocycles. The number of hydrogen-bond acceptors (Lipinski definition) is 2. The topological polar surface area (TPSA) is 25.8 Å². The van der Waals surface area contributed by atoms with E-state index in [1.165, 1.54) is 60.8 Å². The molecule has 14 rings (SSSR count). The zero-order valence-corrected chi connectivity index (χ0v) is 41.1. The predicted octanol–water partition coefficient (Wildman–Crippen LogP) is 18.8. The Morgan fingerprint density at radius 2 is 0.680 bits per heavy atom. The van der Waals surface area contributed by atoms with E-state index in [9.17, 15) is 0 Å². The van der Waals surface area contributed by atoms with Crippen molar-refractivity contribution >= 4 is 21.5 Å². The van der Waals surface area contributed by atoms with Gasteiger partial charge in [-0.25, -0.2) is 9.97 Å². The highest BCUT2D eigenvalue weighted by molar-refractivity contribution is 6.06. The van der Waals surface area contributed by atoms with Crippen LogP contribution < -0.4 is 0 Å². The SMILES string of the molecule is c1ccc(-c2nc(-c3ccccc3-c3ccccc3)cc(-c3ccc(-c4cc(-c5ccc6c(c5)C(c5ccccc5)(c5ccccc5)c5ccccc5-6)cc(-c5cccc6ccccc56)c4)c4ccccc34)n2)cc1. The monoisotopic (exact) mass is 952 g/mol. The summed E-state index contributed by atoms with van der Waals surface area (Å²) in [5.41, 5.74) is 21.2. The van der Waals surface area contributed by atoms with Crippen LogP contribution in [0, 0.1) is 0 Å². The Bertz CT molecular complexity index is 4230. The highest BCUT2D eigenvalue weighted by Crippen LogP contribution is 2.57. The highest BCUT2D eigenvalue weighted by atomic mass is 14.9. The Hall–Kier alpha value is -9.76. The van der Waals surface area contributed by atoms with Crippen LogP contribution in [0.1, 0.15) is 22.3 Å². The standard InChI is InChI=1S/C73H48N2/c1-5-22-49(23-6-1)59-33-15-18-37-66(59)70-48-71(75-72(74-70)51-25-7-2-8-26-51)67-43-42-61(62-34-16-17-35-63(62)67)55-45-53(44-54(46-55)60-38-21-27-50-24-13-14-32-58(50)60)52-40-41-65-64-36-19-20-39-68(64)73(69(65)47-52,56-28-9-3-10-29-56)57-30-11-4-12-31-57/h1-48H. The molecule has 0 atom stereocenters. The number of aromatic nitrogens is 2. The minimum atomic E-state index is -0.516. The summed E-state index contributed by atoms with van der Waals surface area (Å²) in [5.74, 6) is 0.688. The molecule has 1 aliphatic rings. The predicted molar refractivity (Wildman–Crippen MR) is 312 cm³/mol. The van der Waals surface area contributed by atoms with Crippen molar-refractivity contribution in [1.29, 1.82) is 0 Å². The van der Waals surface area contributed by atoms with Gasteiger partial charge in [-0.15, -0.1) is 0 Å². The summed E-state index contributed by atoms with van der Waals surface area (Å²) in [6.45, 7) is 0. The van der Waals surface area contributed by atoms with E-state index in [1.807, 2.05) is 6.07 Å². The number of fused-ring (bicyclic) bond motifs is 5. The zero-order valence-electron chi connectivity index (χ0n) is 41.1. The molecule has 0 bridgehead atoms. The average molecular weight is 953 g/mol. The first-order valence-electron chi connectivity index (χ1n) is 25.8. The van der Waals surface area contributed by atoms with Crippen LogP contribution in [0.2, 0.25) is 0 Å². The van der Waals surface area contributed by atoms with E-state index in [1.54, 1.807) is 0 Å². The van der Waals surface area contributed by atoms with Gasteiger partial charge in [-0.3, -0.25) is 0 Å². The van der Waals surface area contributed by atoms with Crippen LogP contribution in [0.5, 0.6) is 0 Å². The molecule has 0 saturated heterocycles. The molecule has 1 heterocycles. The molecule has 2 heteroatoms. The maximum atomic E-state index is 5.38. The van der Waals surface area contributed by atoms with Gasteiger partial charge in [0.2, 0.25) is 0 Å². The fourth-order valence-corrected chi connectivity index (χ4v) is 12.0. The summed E-state index contributed by atoms with van der Waals surface area (Å²) in [6.07, 6.45) is 0. The second-order valence-corrected chi connectivity index (χ2v) is 19.6. The van der Waals surface area contributed by atoms with Gasteiger partial charge in [0, 0.05) is 16.7 Å². The van der Waals surface area contributed by atoms with Crippen LogP contribution >= 0.6 is 0 Å². The van der Waals surface area contributed by atoms with Crippen LogP contribution in [-0.4, -0.2) is 9.97 Å². The van der Waals surface area contributed by atoms with Crippen LogP contribution in [0.25, 0.3) is 111 Å². The summed E-state index contributed by atoms with van der Waals surface area (Å²) in [5, 5.41) is 4.71. The Labute approximate surface area is 437 Å². The number of nitrogens with zero attached hydrogens (tertiary/aromatic N) is 2. The maximum Gasteiger partial charge on any atom is 0.160 e. The molecular weight excluding hydrogens is 905 g/mol. The molecule has 75 heavy (non-hydrogen) atoms. The third-order valence-electron chi connectivity index (χ3n) is 15.4. The lowest BCUT2D eigenvalue weighted by Crippen LogP contribution is -2.28. The Morgan fingerprint density at radius 3 is 1.37 bits per heavy atom. The molecule has 12 aromatic carbocycles. The van der Waals surface area contributed by atoms with Crippen molar-refractivity contribution in [3.05, 3.63) is 313 Å². The normalized spacial score (nSPS) is 12.4. The number of benzene rings is 12. The quantitative estimate of drug-likeness (QED) is 0.144. The molecular formula is C73H48N2. The first kappa shape index (κ1) is 44.0. The van der Waals surface area contributed by atoms with Crippen LogP contribution in [-0.2, 0) is 5.41 Å². The molecule has 0 aliphatic heterocycles. The zero-order chi connectivity index (χ0) is 49.7. The minimum Gasteiger partial charge on any atom is -0.228 e. The summed E-state index contributed by atoms with van der Waals surface area (Å²) < 4.78 is 0. The molecule has 350 valence electrons. The number of hydrogen-bond donors (Lipinski definition) is 0. The van der Waals surface area contributed by atoms with Gasteiger partial charge in [0.1, 0.15) is 0 Å². The molecule has 0 spiro atoms. The summed E-state index contributed by atoms with van der Waals surface area (Å²) in [7, 11) is 0. The van der Waals surface area contributed by atoms with E-state index in [-0.39, 0.29) is 0 Å². The van der Waals surface area contributed by atoms with Gasteiger partial charge < -0.3 is 0 Å². The third kappa shape index (κ3) is 7.49. The first-order chi connectivity index (χ1) is 37.2. The van der Waals surface area contributed by atoms with Gasteiger partial charge in [-0.05, 0) is 130 Å². The van der Waals surface area contributed by atoms with E-state index >= 15 is 0 Å². The second kappa shape index (κ2) is 18.4. The minimum absolute atomic E-state index is 0.516. The van der Waals surface area contributed by atoms with Gasteiger partial charge in [0.15, 0.2) is 5.82 Å². The van der Waals surface area contributed by atoms with Gasteiger partial charge in [0.05, 0.1) is 16.8 Å². The lowest BCUT2D eigenvalue weighted by molar-refractivity contribution is 0.769. The van der Waals surface area contributed by atoms with Gasteiger partial charge in [-0.2, -0.15) is 0 Å². The molecule has 0 radical (unpaired) electrons. The van der Waals surface area contributed by atoms with Crippen LogP contribution in [0.4, 0.5) is 0 Å². The van der Waals surface area contributed by atoms with Gasteiger partial charge in [0.25, 0.3) is 0 Å². The van der Waals surface area contributed by atoms with E-state index in [2.05, 4.69) is 285 Å². The Balaban J connectivity index is 0.981.